The van der Waals surface area contributed by atoms with Crippen LogP contribution in [0.5, 0.6) is 0 Å². The first-order chi connectivity index (χ1) is 8.11. The molecule has 0 amide bonds. The van der Waals surface area contributed by atoms with Crippen LogP contribution in [0, 0.1) is 3.57 Å². The molecular formula is C13H11Br2IS. The minimum absolute atomic E-state index is 0.289. The summed E-state index contributed by atoms with van der Waals surface area (Å²) >= 11 is 11.6. The monoisotopic (exact) mass is 484 g/mol. The van der Waals surface area contributed by atoms with Crippen molar-refractivity contribution in [2.24, 2.45) is 0 Å². The van der Waals surface area contributed by atoms with Crippen LogP contribution >= 0.6 is 65.8 Å². The SMILES string of the molecule is CCc1ccc(C(Br)c2cc(Br)ccc2I)s1. The molecular weight excluding hydrogens is 475 g/mol. The predicted molar refractivity (Wildman–Crippen MR) is 91.3 cm³/mol. The Hall–Kier alpha value is 0.610. The van der Waals surface area contributed by atoms with Gasteiger partial charge in [-0.15, -0.1) is 11.3 Å². The fraction of sp³-hybridized carbons (Fsp3) is 0.231. The Morgan fingerprint density at radius 1 is 1.29 bits per heavy atom. The Morgan fingerprint density at radius 3 is 2.71 bits per heavy atom. The summed E-state index contributed by atoms with van der Waals surface area (Å²) < 4.78 is 2.42. The van der Waals surface area contributed by atoms with Crippen molar-refractivity contribution in [3.05, 3.63) is 53.7 Å². The van der Waals surface area contributed by atoms with Gasteiger partial charge in [0.2, 0.25) is 0 Å². The van der Waals surface area contributed by atoms with Gasteiger partial charge in [-0.3, -0.25) is 0 Å². The van der Waals surface area contributed by atoms with Gasteiger partial charge in [-0.25, -0.2) is 0 Å². The van der Waals surface area contributed by atoms with E-state index in [1.165, 1.54) is 18.9 Å². The van der Waals surface area contributed by atoms with Crippen LogP contribution in [-0.4, -0.2) is 0 Å². The number of hydrogen-bond acceptors (Lipinski definition) is 1. The lowest BCUT2D eigenvalue weighted by molar-refractivity contribution is 1.19. The number of rotatable bonds is 3. The smallest absolute Gasteiger partial charge is 0.0748 e. The van der Waals surface area contributed by atoms with Crippen molar-refractivity contribution < 1.29 is 0 Å². The number of aryl methyl sites for hydroxylation is 1. The van der Waals surface area contributed by atoms with Crippen molar-refractivity contribution >= 4 is 65.8 Å². The molecule has 17 heavy (non-hydrogen) atoms. The lowest BCUT2D eigenvalue weighted by Gasteiger charge is -2.11. The van der Waals surface area contributed by atoms with E-state index in [0.717, 1.165) is 10.9 Å². The zero-order chi connectivity index (χ0) is 12.4. The van der Waals surface area contributed by atoms with Crippen molar-refractivity contribution in [2.75, 3.05) is 0 Å². The molecule has 0 saturated carbocycles. The van der Waals surface area contributed by atoms with E-state index in [2.05, 4.69) is 91.7 Å². The van der Waals surface area contributed by atoms with E-state index < -0.39 is 0 Å². The van der Waals surface area contributed by atoms with Gasteiger partial charge in [0.1, 0.15) is 0 Å². The van der Waals surface area contributed by atoms with Crippen LogP contribution in [0.2, 0.25) is 0 Å². The van der Waals surface area contributed by atoms with Crippen LogP contribution in [0.4, 0.5) is 0 Å². The number of thiophene rings is 1. The molecule has 2 rings (SSSR count). The van der Waals surface area contributed by atoms with Crippen molar-refractivity contribution in [3.63, 3.8) is 0 Å². The topological polar surface area (TPSA) is 0 Å². The zero-order valence-electron chi connectivity index (χ0n) is 9.21. The van der Waals surface area contributed by atoms with Crippen LogP contribution in [0.25, 0.3) is 0 Å². The lowest BCUT2D eigenvalue weighted by atomic mass is 10.1. The maximum Gasteiger partial charge on any atom is 0.0748 e. The molecule has 4 heteroatoms. The fourth-order valence-corrected chi connectivity index (χ4v) is 4.80. The highest BCUT2D eigenvalue weighted by Gasteiger charge is 2.15. The summed E-state index contributed by atoms with van der Waals surface area (Å²) in [5.41, 5.74) is 1.32. The maximum absolute atomic E-state index is 3.81. The minimum atomic E-state index is 0.289. The third-order valence-electron chi connectivity index (χ3n) is 2.51. The van der Waals surface area contributed by atoms with Crippen molar-refractivity contribution in [1.29, 1.82) is 0 Å². The Labute approximate surface area is 136 Å². The molecule has 0 spiro atoms. The average molecular weight is 486 g/mol. The van der Waals surface area contributed by atoms with Crippen molar-refractivity contribution in [1.82, 2.24) is 0 Å². The van der Waals surface area contributed by atoms with Crippen molar-refractivity contribution in [3.8, 4) is 0 Å². The molecule has 1 heterocycles. The predicted octanol–water partition coefficient (Wildman–Crippen LogP) is 6.16. The van der Waals surface area contributed by atoms with Gasteiger partial charge in [-0.1, -0.05) is 38.8 Å². The first kappa shape index (κ1) is 14.0. The van der Waals surface area contributed by atoms with E-state index in [0.29, 0.717) is 0 Å². The Balaban J connectivity index is 2.35. The summed E-state index contributed by atoms with van der Waals surface area (Å²) in [5.74, 6) is 0. The molecule has 0 fully saturated rings. The quantitative estimate of drug-likeness (QED) is 0.360. The molecule has 0 saturated heterocycles. The van der Waals surface area contributed by atoms with Crippen molar-refractivity contribution in [2.45, 2.75) is 18.2 Å². The van der Waals surface area contributed by atoms with E-state index >= 15 is 0 Å². The maximum atomic E-state index is 3.81. The van der Waals surface area contributed by atoms with Crippen LogP contribution in [0.15, 0.2) is 34.8 Å². The molecule has 1 aromatic carbocycles. The largest absolute Gasteiger partial charge is 0.144 e. The summed E-state index contributed by atoms with van der Waals surface area (Å²) in [6.07, 6.45) is 1.11. The van der Waals surface area contributed by atoms with E-state index in [1.807, 2.05) is 11.3 Å². The summed E-state index contributed by atoms with van der Waals surface area (Å²) in [4.78, 5) is 3.10. The highest BCUT2D eigenvalue weighted by Crippen LogP contribution is 2.38. The second kappa shape index (κ2) is 6.17. The standard InChI is InChI=1S/C13H11Br2IS/c1-2-9-4-6-12(17-9)13(15)10-7-8(14)3-5-11(10)16/h3-7,13H,2H2,1H3. The molecule has 0 aliphatic carbocycles. The Morgan fingerprint density at radius 2 is 2.06 bits per heavy atom. The molecule has 0 aliphatic rings. The molecule has 0 radical (unpaired) electrons. The summed E-state index contributed by atoms with van der Waals surface area (Å²) in [6.45, 7) is 2.20. The van der Waals surface area contributed by atoms with Crippen LogP contribution in [0.1, 0.15) is 27.1 Å². The molecule has 2 aromatic rings. The first-order valence-electron chi connectivity index (χ1n) is 5.29. The summed E-state index contributed by atoms with van der Waals surface area (Å²) in [7, 11) is 0. The second-order valence-electron chi connectivity index (χ2n) is 3.69. The summed E-state index contributed by atoms with van der Waals surface area (Å²) in [5, 5.41) is 0. The van der Waals surface area contributed by atoms with Gasteiger partial charge in [0, 0.05) is 17.8 Å². The molecule has 0 N–H and O–H groups in total. The molecule has 0 aliphatic heterocycles. The van der Waals surface area contributed by atoms with Crippen LogP contribution in [0.3, 0.4) is 0 Å². The van der Waals surface area contributed by atoms with Gasteiger partial charge >= 0.3 is 0 Å². The van der Waals surface area contributed by atoms with E-state index in [-0.39, 0.29) is 4.83 Å². The van der Waals surface area contributed by atoms with Gasteiger partial charge < -0.3 is 0 Å². The number of halogens is 3. The van der Waals surface area contributed by atoms with E-state index in [1.54, 1.807) is 0 Å². The van der Waals surface area contributed by atoms with Gasteiger partial charge in [0.15, 0.2) is 0 Å². The Bertz CT molecular complexity index is 522. The molecule has 1 atom stereocenters. The van der Waals surface area contributed by atoms with Gasteiger partial charge in [0.25, 0.3) is 0 Å². The van der Waals surface area contributed by atoms with Gasteiger partial charge in [0.05, 0.1) is 4.83 Å². The zero-order valence-corrected chi connectivity index (χ0v) is 15.4. The van der Waals surface area contributed by atoms with Crippen LogP contribution in [-0.2, 0) is 6.42 Å². The molecule has 1 unspecified atom stereocenters. The molecule has 1 aromatic heterocycles. The average Bonchev–Trinajstić information content (AvgIpc) is 2.80. The highest BCUT2D eigenvalue weighted by atomic mass is 127. The van der Waals surface area contributed by atoms with Gasteiger partial charge in [-0.2, -0.15) is 0 Å². The normalized spacial score (nSPS) is 12.7. The summed E-state index contributed by atoms with van der Waals surface area (Å²) in [6, 6.07) is 10.9. The fourth-order valence-electron chi connectivity index (χ4n) is 1.58. The lowest BCUT2D eigenvalue weighted by Crippen LogP contribution is -1.93. The third-order valence-corrected chi connectivity index (χ3v) is 6.57. The van der Waals surface area contributed by atoms with E-state index in [9.17, 15) is 0 Å². The third kappa shape index (κ3) is 3.33. The number of benzene rings is 1. The van der Waals surface area contributed by atoms with Crippen LogP contribution < -0.4 is 0 Å². The molecule has 0 nitrogen and oxygen atoms in total. The molecule has 90 valence electrons. The first-order valence-corrected chi connectivity index (χ1v) is 8.90. The van der Waals surface area contributed by atoms with Gasteiger partial charge in [-0.05, 0) is 64.9 Å². The Kier molecular flexibility index (Phi) is 5.09. The minimum Gasteiger partial charge on any atom is -0.144 e. The number of hydrogen-bond donors (Lipinski definition) is 0. The second-order valence-corrected chi connectivity index (χ2v) is 7.88. The van der Waals surface area contributed by atoms with E-state index in [4.69, 9.17) is 0 Å². The molecule has 0 bridgehead atoms. The number of alkyl halides is 1. The highest BCUT2D eigenvalue weighted by molar-refractivity contribution is 14.1.